The molecule has 1 aliphatic rings. The van der Waals surface area contributed by atoms with Gasteiger partial charge in [-0.05, 0) is 66.6 Å². The van der Waals surface area contributed by atoms with Crippen molar-refractivity contribution in [3.63, 3.8) is 0 Å². The number of alkyl halides is 2. The molecule has 3 rings (SSSR count). The molecule has 2 aromatic carbocycles. The van der Waals surface area contributed by atoms with Gasteiger partial charge < -0.3 is 4.74 Å². The van der Waals surface area contributed by atoms with Gasteiger partial charge in [-0.1, -0.05) is 64.0 Å². The summed E-state index contributed by atoms with van der Waals surface area (Å²) in [5, 5.41) is 8.80. The molecule has 1 fully saturated rings. The third-order valence-corrected chi connectivity index (χ3v) is 6.29. The van der Waals surface area contributed by atoms with Gasteiger partial charge in [-0.2, -0.15) is 14.0 Å². The van der Waals surface area contributed by atoms with Crippen molar-refractivity contribution in [1.82, 2.24) is 0 Å². The molecule has 160 valence electrons. The van der Waals surface area contributed by atoms with Crippen LogP contribution in [-0.2, 0) is 12.5 Å². The minimum Gasteiger partial charge on any atom is -0.429 e. The van der Waals surface area contributed by atoms with E-state index >= 15 is 0 Å². The van der Waals surface area contributed by atoms with Crippen molar-refractivity contribution in [3.05, 3.63) is 65.2 Å². The summed E-state index contributed by atoms with van der Waals surface area (Å²) in [5.41, 5.74) is 1.34. The molecule has 0 saturated heterocycles. The number of rotatable bonds is 9. The summed E-state index contributed by atoms with van der Waals surface area (Å²) in [6.07, 6.45) is 7.99. The quantitative estimate of drug-likeness (QED) is 0.425. The average molecular weight is 412 g/mol. The number of aryl methyl sites for hydroxylation is 1. The van der Waals surface area contributed by atoms with Crippen LogP contribution in [0.2, 0.25) is 0 Å². The molecule has 0 N–H and O–H groups in total. The smallest absolute Gasteiger partial charge is 0.426 e. The zero-order valence-electron chi connectivity index (χ0n) is 17.7. The SMILES string of the molecule is CCCCC1CCC(CCc2ccc(C(F)(F)Oc3ccc(C#N)cc3)cc2)CC1. The van der Waals surface area contributed by atoms with E-state index in [4.69, 9.17) is 10.00 Å². The van der Waals surface area contributed by atoms with Gasteiger partial charge in [0, 0.05) is 0 Å². The lowest BCUT2D eigenvalue weighted by molar-refractivity contribution is -0.185. The molecule has 30 heavy (non-hydrogen) atoms. The molecule has 0 radical (unpaired) electrons. The summed E-state index contributed by atoms with van der Waals surface area (Å²) in [6, 6.07) is 14.2. The highest BCUT2D eigenvalue weighted by atomic mass is 19.3. The number of hydrogen-bond donors (Lipinski definition) is 0. The number of halogens is 2. The van der Waals surface area contributed by atoms with E-state index in [0.29, 0.717) is 5.56 Å². The second-order valence-corrected chi connectivity index (χ2v) is 8.52. The number of nitrogens with zero attached hydrogens (tertiary/aromatic N) is 1. The number of hydrogen-bond acceptors (Lipinski definition) is 2. The molecule has 0 heterocycles. The highest BCUT2D eigenvalue weighted by Gasteiger charge is 2.34. The number of nitriles is 1. The van der Waals surface area contributed by atoms with E-state index in [-0.39, 0.29) is 11.3 Å². The second kappa shape index (κ2) is 10.6. The van der Waals surface area contributed by atoms with Crippen molar-refractivity contribution >= 4 is 0 Å². The molecule has 0 atom stereocenters. The van der Waals surface area contributed by atoms with Gasteiger partial charge in [-0.3, -0.25) is 0 Å². The minimum atomic E-state index is -3.41. The van der Waals surface area contributed by atoms with Crippen LogP contribution in [0.4, 0.5) is 8.78 Å². The topological polar surface area (TPSA) is 33.0 Å². The van der Waals surface area contributed by atoms with E-state index in [1.165, 1.54) is 81.3 Å². The van der Waals surface area contributed by atoms with E-state index in [1.807, 2.05) is 6.07 Å². The standard InChI is InChI=1S/C26H31F2NO/c1-2-3-4-20-5-7-21(8-6-20)9-10-22-11-15-24(16-12-22)26(27,28)30-25-17-13-23(19-29)14-18-25/h11-18,20-21H,2-10H2,1H3. The lowest BCUT2D eigenvalue weighted by atomic mass is 9.78. The van der Waals surface area contributed by atoms with E-state index in [9.17, 15) is 8.78 Å². The van der Waals surface area contributed by atoms with Crippen molar-refractivity contribution in [2.75, 3.05) is 0 Å². The maximum absolute atomic E-state index is 14.5. The zero-order chi connectivity index (χ0) is 21.4. The molecule has 1 saturated carbocycles. The summed E-state index contributed by atoms with van der Waals surface area (Å²) < 4.78 is 33.8. The first-order valence-electron chi connectivity index (χ1n) is 11.2. The molecule has 0 amide bonds. The van der Waals surface area contributed by atoms with Crippen molar-refractivity contribution in [2.45, 2.75) is 70.8 Å². The molecule has 2 nitrogen and oxygen atoms in total. The van der Waals surface area contributed by atoms with Crippen LogP contribution in [0.5, 0.6) is 5.75 Å². The molecular weight excluding hydrogens is 380 g/mol. The molecule has 2 aromatic rings. The van der Waals surface area contributed by atoms with Crippen LogP contribution < -0.4 is 4.74 Å². The van der Waals surface area contributed by atoms with Gasteiger partial charge in [-0.15, -0.1) is 0 Å². The Morgan fingerprint density at radius 3 is 2.10 bits per heavy atom. The minimum absolute atomic E-state index is 0.0395. The lowest BCUT2D eigenvalue weighted by Gasteiger charge is -2.28. The Labute approximate surface area is 178 Å². The second-order valence-electron chi connectivity index (χ2n) is 8.52. The Hall–Kier alpha value is -2.41. The van der Waals surface area contributed by atoms with Crippen LogP contribution >= 0.6 is 0 Å². The largest absolute Gasteiger partial charge is 0.429 e. The normalized spacial score (nSPS) is 19.3. The molecular formula is C26H31F2NO. The van der Waals surface area contributed by atoms with E-state index in [1.54, 1.807) is 12.1 Å². The Balaban J connectivity index is 1.48. The van der Waals surface area contributed by atoms with E-state index in [0.717, 1.165) is 30.2 Å². The van der Waals surface area contributed by atoms with Crippen LogP contribution in [0.3, 0.4) is 0 Å². The van der Waals surface area contributed by atoms with Crippen molar-refractivity contribution < 1.29 is 13.5 Å². The first kappa shape index (κ1) is 22.3. The first-order valence-corrected chi connectivity index (χ1v) is 11.2. The fraction of sp³-hybridized carbons (Fsp3) is 0.500. The predicted octanol–water partition coefficient (Wildman–Crippen LogP) is 7.62. The molecule has 0 spiro atoms. The van der Waals surface area contributed by atoms with Crippen molar-refractivity contribution in [3.8, 4) is 11.8 Å². The summed E-state index contributed by atoms with van der Waals surface area (Å²) in [6.45, 7) is 2.26. The molecule has 4 heteroatoms. The fourth-order valence-electron chi connectivity index (χ4n) is 4.34. The highest BCUT2D eigenvalue weighted by Crippen LogP contribution is 2.35. The zero-order valence-corrected chi connectivity index (χ0v) is 17.7. The Morgan fingerprint density at radius 2 is 1.53 bits per heavy atom. The molecule has 0 aromatic heterocycles. The van der Waals surface area contributed by atoms with Crippen LogP contribution in [0.15, 0.2) is 48.5 Å². The summed E-state index contributed by atoms with van der Waals surface area (Å²) in [4.78, 5) is 0. The highest BCUT2D eigenvalue weighted by molar-refractivity contribution is 5.35. The van der Waals surface area contributed by atoms with Crippen molar-refractivity contribution in [1.29, 1.82) is 5.26 Å². The van der Waals surface area contributed by atoms with Crippen LogP contribution in [0.25, 0.3) is 0 Å². The Morgan fingerprint density at radius 1 is 0.933 bits per heavy atom. The van der Waals surface area contributed by atoms with Crippen LogP contribution in [0, 0.1) is 23.2 Å². The molecule has 0 unspecified atom stereocenters. The summed E-state index contributed by atoms with van der Waals surface area (Å²) in [5.74, 6) is 1.72. The maximum atomic E-state index is 14.5. The first-order chi connectivity index (χ1) is 14.5. The third-order valence-electron chi connectivity index (χ3n) is 6.29. The van der Waals surface area contributed by atoms with E-state index in [2.05, 4.69) is 6.92 Å². The maximum Gasteiger partial charge on any atom is 0.426 e. The fourth-order valence-corrected chi connectivity index (χ4v) is 4.34. The van der Waals surface area contributed by atoms with Gasteiger partial charge in [-0.25, -0.2) is 0 Å². The molecule has 0 bridgehead atoms. The summed E-state index contributed by atoms with van der Waals surface area (Å²) >= 11 is 0. The number of benzene rings is 2. The summed E-state index contributed by atoms with van der Waals surface area (Å²) in [7, 11) is 0. The van der Waals surface area contributed by atoms with Gasteiger partial charge in [0.2, 0.25) is 0 Å². The lowest BCUT2D eigenvalue weighted by Crippen LogP contribution is -2.21. The van der Waals surface area contributed by atoms with Crippen LogP contribution in [-0.4, -0.2) is 0 Å². The predicted molar refractivity (Wildman–Crippen MR) is 115 cm³/mol. The number of unbranched alkanes of at least 4 members (excludes halogenated alkanes) is 1. The average Bonchev–Trinajstić information content (AvgIpc) is 2.77. The van der Waals surface area contributed by atoms with Crippen LogP contribution in [0.1, 0.15) is 75.0 Å². The van der Waals surface area contributed by atoms with Gasteiger partial charge >= 0.3 is 6.11 Å². The number of ether oxygens (including phenoxy) is 1. The monoisotopic (exact) mass is 411 g/mol. The Kier molecular flexibility index (Phi) is 7.85. The third kappa shape index (κ3) is 6.29. The van der Waals surface area contributed by atoms with Gasteiger partial charge in [0.1, 0.15) is 5.75 Å². The van der Waals surface area contributed by atoms with E-state index < -0.39 is 6.11 Å². The Bertz CT molecular complexity index is 816. The van der Waals surface area contributed by atoms with Gasteiger partial charge in [0.25, 0.3) is 0 Å². The molecule has 1 aliphatic carbocycles. The van der Waals surface area contributed by atoms with Gasteiger partial charge in [0.05, 0.1) is 17.2 Å². The van der Waals surface area contributed by atoms with Gasteiger partial charge in [0.15, 0.2) is 0 Å². The molecule has 0 aliphatic heterocycles. The van der Waals surface area contributed by atoms with Crippen molar-refractivity contribution in [2.24, 2.45) is 11.8 Å².